The van der Waals surface area contributed by atoms with Crippen molar-refractivity contribution >= 4 is 33.4 Å². The maximum Gasteiger partial charge on any atom is 0.336 e. The molecule has 0 spiro atoms. The van der Waals surface area contributed by atoms with Gasteiger partial charge in [0, 0.05) is 66.2 Å². The van der Waals surface area contributed by atoms with Crippen molar-refractivity contribution in [2.24, 2.45) is 0 Å². The van der Waals surface area contributed by atoms with Crippen LogP contribution in [0, 0.1) is 0 Å². The van der Waals surface area contributed by atoms with Crippen molar-refractivity contribution in [2.45, 2.75) is 26.2 Å². The van der Waals surface area contributed by atoms with E-state index in [1.165, 1.54) is 6.07 Å². The largest absolute Gasteiger partial charge is 0.508 e. The zero-order valence-electron chi connectivity index (χ0n) is 28.6. The Bertz CT molecular complexity index is 2580. The van der Waals surface area contributed by atoms with Crippen LogP contribution in [0.4, 0.5) is 5.69 Å². The van der Waals surface area contributed by atoms with Gasteiger partial charge in [0.05, 0.1) is 22.5 Å². The number of benzene rings is 5. The second-order valence-electron chi connectivity index (χ2n) is 12.9. The summed E-state index contributed by atoms with van der Waals surface area (Å²) in [6.07, 6.45) is 3.59. The number of aromatic carboxylic acids is 1. The monoisotopic (exact) mass is 698 g/mol. The number of hydrogen-bond acceptors (Lipinski definition) is 8. The molecular formula is C44H34N4O5. The summed E-state index contributed by atoms with van der Waals surface area (Å²) in [5.74, 6) is -0.594. The minimum atomic E-state index is -1.06. The van der Waals surface area contributed by atoms with E-state index in [1.807, 2.05) is 66.7 Å². The number of anilines is 1. The Morgan fingerprint density at radius 3 is 2.15 bits per heavy atom. The first-order valence-corrected chi connectivity index (χ1v) is 17.2. The standard InChI is InChI=1S/C44H34N4O5/c49-32-16-18-33-28(23-32)15-17-36-41(34-12-2-3-13-35(34)44(51)52)37-19-20-40(50)38(43(37)53-42(33)36)24-47-39-14-4-1-9-29(39)25-48(26-30-10-5-7-21-45-30)27-31-11-6-8-22-46-31/h1-23,47,49H,24-27H2,(H,51,52). The van der Waals surface area contributed by atoms with Crippen LogP contribution in [0.1, 0.15) is 32.9 Å². The van der Waals surface area contributed by atoms with Crippen LogP contribution in [0.25, 0.3) is 44.2 Å². The van der Waals surface area contributed by atoms with E-state index in [9.17, 15) is 19.8 Å². The maximum atomic E-state index is 13.7. The van der Waals surface area contributed by atoms with E-state index in [0.29, 0.717) is 58.6 Å². The molecule has 8 rings (SSSR count). The third-order valence-electron chi connectivity index (χ3n) is 9.43. The highest BCUT2D eigenvalue weighted by molar-refractivity contribution is 6.14. The third-order valence-corrected chi connectivity index (χ3v) is 9.43. The van der Waals surface area contributed by atoms with Crippen molar-refractivity contribution in [3.8, 4) is 28.2 Å². The van der Waals surface area contributed by atoms with Gasteiger partial charge in [0.1, 0.15) is 17.1 Å². The molecule has 0 amide bonds. The number of fused-ring (bicyclic) bond motifs is 4. The van der Waals surface area contributed by atoms with Crippen LogP contribution in [0.5, 0.6) is 5.75 Å². The van der Waals surface area contributed by atoms with E-state index in [2.05, 4.69) is 26.3 Å². The molecule has 9 heteroatoms. The molecule has 4 aromatic carbocycles. The summed E-state index contributed by atoms with van der Waals surface area (Å²) >= 11 is 0. The lowest BCUT2D eigenvalue weighted by Gasteiger charge is -2.24. The number of nitrogens with zero attached hydrogens (tertiary/aromatic N) is 3. The topological polar surface area (TPSA) is 129 Å². The molecule has 3 heterocycles. The van der Waals surface area contributed by atoms with Crippen LogP contribution in [0.15, 0.2) is 149 Å². The Labute approximate surface area is 304 Å². The molecule has 0 bridgehead atoms. The predicted molar refractivity (Wildman–Crippen MR) is 206 cm³/mol. The highest BCUT2D eigenvalue weighted by Crippen LogP contribution is 2.44. The number of phenolic OH excluding ortho intramolecular Hbond substituents is 1. The Morgan fingerprint density at radius 1 is 0.717 bits per heavy atom. The number of carboxylic acids is 1. The Morgan fingerprint density at radius 2 is 1.42 bits per heavy atom. The fourth-order valence-electron chi connectivity index (χ4n) is 6.98. The average molecular weight is 699 g/mol. The molecule has 9 nitrogen and oxygen atoms in total. The summed E-state index contributed by atoms with van der Waals surface area (Å²) in [5.41, 5.74) is 6.34. The van der Waals surface area contributed by atoms with Crippen molar-refractivity contribution in [3.63, 3.8) is 0 Å². The Kier molecular flexibility index (Phi) is 9.06. The first-order valence-electron chi connectivity index (χ1n) is 17.2. The fraction of sp³-hybridized carbons (Fsp3) is 0.0909. The molecule has 0 saturated carbocycles. The number of nitrogens with one attached hydrogen (secondary N) is 1. The minimum Gasteiger partial charge on any atom is -0.508 e. The van der Waals surface area contributed by atoms with Crippen LogP contribution in [0.3, 0.4) is 0 Å². The number of pyridine rings is 2. The quantitative estimate of drug-likeness (QED) is 0.0897. The van der Waals surface area contributed by atoms with Crippen LogP contribution in [-0.4, -0.2) is 31.1 Å². The summed E-state index contributed by atoms with van der Waals surface area (Å²) in [7, 11) is 0. The molecule has 53 heavy (non-hydrogen) atoms. The SMILES string of the molecule is O=C(O)c1ccccc1-c1c2ccc(=O)c(CNc3ccccc3CN(Cc3ccccn3)Cc3ccccn3)c-2oc2c1ccc1cc(O)ccc12. The number of para-hydroxylation sites is 1. The molecular weight excluding hydrogens is 665 g/mol. The molecule has 2 aromatic heterocycles. The Hall–Kier alpha value is -6.84. The average Bonchev–Trinajstić information content (AvgIpc) is 3.18. The lowest BCUT2D eigenvalue weighted by molar-refractivity contribution is 0.0697. The molecule has 0 atom stereocenters. The smallest absolute Gasteiger partial charge is 0.336 e. The molecule has 0 fully saturated rings. The van der Waals surface area contributed by atoms with Gasteiger partial charge in [-0.25, -0.2) is 4.79 Å². The van der Waals surface area contributed by atoms with E-state index in [4.69, 9.17) is 4.42 Å². The van der Waals surface area contributed by atoms with E-state index >= 15 is 0 Å². The molecule has 6 aromatic rings. The third kappa shape index (κ3) is 6.81. The summed E-state index contributed by atoms with van der Waals surface area (Å²) in [6.45, 7) is 1.95. The number of rotatable bonds is 11. The number of aromatic hydroxyl groups is 1. The molecule has 1 aliphatic heterocycles. The van der Waals surface area contributed by atoms with E-state index in [1.54, 1.807) is 60.9 Å². The van der Waals surface area contributed by atoms with Gasteiger partial charge in [-0.15, -0.1) is 0 Å². The van der Waals surface area contributed by atoms with Gasteiger partial charge < -0.3 is 19.9 Å². The molecule has 3 N–H and O–H groups in total. The minimum absolute atomic E-state index is 0.109. The zero-order valence-corrected chi connectivity index (χ0v) is 28.6. The van der Waals surface area contributed by atoms with Gasteiger partial charge >= 0.3 is 5.97 Å². The highest BCUT2D eigenvalue weighted by Gasteiger charge is 2.25. The second-order valence-corrected chi connectivity index (χ2v) is 12.9. The first-order chi connectivity index (χ1) is 25.9. The summed E-state index contributed by atoms with van der Waals surface area (Å²) < 4.78 is 6.70. The van der Waals surface area contributed by atoms with Crippen molar-refractivity contribution in [3.05, 3.63) is 178 Å². The van der Waals surface area contributed by atoms with E-state index < -0.39 is 5.97 Å². The van der Waals surface area contributed by atoms with Crippen LogP contribution >= 0.6 is 0 Å². The first kappa shape index (κ1) is 33.3. The van der Waals surface area contributed by atoms with Crippen LogP contribution in [-0.2, 0) is 26.2 Å². The number of hydrogen-bond donors (Lipinski definition) is 3. The molecule has 260 valence electrons. The zero-order chi connectivity index (χ0) is 36.3. The number of carbonyl (C=O) groups is 1. The maximum absolute atomic E-state index is 13.7. The van der Waals surface area contributed by atoms with Gasteiger partial charge in [-0.3, -0.25) is 19.7 Å². The number of phenols is 1. The van der Waals surface area contributed by atoms with Gasteiger partial charge in [-0.2, -0.15) is 0 Å². The fourth-order valence-corrected chi connectivity index (χ4v) is 6.98. The highest BCUT2D eigenvalue weighted by atomic mass is 16.4. The van der Waals surface area contributed by atoms with E-state index in [-0.39, 0.29) is 23.3 Å². The van der Waals surface area contributed by atoms with Crippen molar-refractivity contribution in [2.75, 3.05) is 5.32 Å². The van der Waals surface area contributed by atoms with Gasteiger partial charge in [-0.1, -0.05) is 54.6 Å². The van der Waals surface area contributed by atoms with Crippen molar-refractivity contribution in [1.29, 1.82) is 0 Å². The molecule has 2 aliphatic rings. The van der Waals surface area contributed by atoms with Gasteiger partial charge in [-0.05, 0) is 89.3 Å². The summed E-state index contributed by atoms with van der Waals surface area (Å²) in [6, 6.07) is 38.6. The molecule has 0 saturated heterocycles. The lowest BCUT2D eigenvalue weighted by Crippen LogP contribution is -2.24. The lowest BCUT2D eigenvalue weighted by atomic mass is 9.88. The predicted octanol–water partition coefficient (Wildman–Crippen LogP) is 8.73. The van der Waals surface area contributed by atoms with Gasteiger partial charge in [0.2, 0.25) is 0 Å². The number of carboxylic acid groups (broad SMARTS) is 1. The molecule has 0 radical (unpaired) electrons. The normalized spacial score (nSPS) is 11.4. The molecule has 1 aliphatic carbocycles. The Balaban J connectivity index is 1.21. The van der Waals surface area contributed by atoms with Gasteiger partial charge in [0.25, 0.3) is 0 Å². The molecule has 0 unspecified atom stereocenters. The van der Waals surface area contributed by atoms with Crippen LogP contribution in [0.2, 0.25) is 0 Å². The van der Waals surface area contributed by atoms with Crippen LogP contribution < -0.4 is 10.7 Å². The summed E-state index contributed by atoms with van der Waals surface area (Å²) in [4.78, 5) is 37.6. The second kappa shape index (κ2) is 14.4. The van der Waals surface area contributed by atoms with Crippen molar-refractivity contribution in [1.82, 2.24) is 14.9 Å². The van der Waals surface area contributed by atoms with Gasteiger partial charge in [0.15, 0.2) is 5.43 Å². The number of aromatic nitrogens is 2. The summed E-state index contributed by atoms with van der Waals surface area (Å²) in [5, 5.41) is 26.1. The van der Waals surface area contributed by atoms with Crippen molar-refractivity contribution < 1.29 is 19.4 Å². The van der Waals surface area contributed by atoms with E-state index in [0.717, 1.165) is 33.4 Å².